The molecule has 1 aromatic carbocycles. The van der Waals surface area contributed by atoms with Gasteiger partial charge in [-0.3, -0.25) is 0 Å². The fourth-order valence-corrected chi connectivity index (χ4v) is 2.24. The highest BCUT2D eigenvalue weighted by Crippen LogP contribution is 2.31. The normalized spacial score (nSPS) is 23.1. The Kier molecular flexibility index (Phi) is 4.15. The highest BCUT2D eigenvalue weighted by Gasteiger charge is 2.29. The van der Waals surface area contributed by atoms with E-state index in [4.69, 9.17) is 15.2 Å². The first-order valence-corrected chi connectivity index (χ1v) is 6.25. The average Bonchev–Trinajstić information content (AvgIpc) is 2.63. The van der Waals surface area contributed by atoms with E-state index in [-0.39, 0.29) is 18.2 Å². The van der Waals surface area contributed by atoms with E-state index >= 15 is 0 Å². The smallest absolute Gasteiger partial charge is 0.0809 e. The van der Waals surface area contributed by atoms with Crippen LogP contribution in [0.25, 0.3) is 0 Å². The Morgan fingerprint density at radius 3 is 2.76 bits per heavy atom. The summed E-state index contributed by atoms with van der Waals surface area (Å²) in [5.41, 5.74) is 8.71. The number of hydrogen-bond acceptors (Lipinski definition) is 3. The monoisotopic (exact) mass is 235 g/mol. The molecule has 3 nitrogen and oxygen atoms in total. The van der Waals surface area contributed by atoms with E-state index in [1.54, 1.807) is 0 Å². The minimum absolute atomic E-state index is 0.00486. The fourth-order valence-electron chi connectivity index (χ4n) is 2.24. The molecule has 2 atom stereocenters. The molecule has 0 saturated heterocycles. The fraction of sp³-hybridized carbons (Fsp3) is 0.571. The second-order valence-corrected chi connectivity index (χ2v) is 4.76. The number of nitrogens with two attached hydrogens (primary N) is 1. The number of hydrogen-bond donors (Lipinski definition) is 1. The molecular weight excluding hydrogens is 214 g/mol. The third-order valence-corrected chi connectivity index (χ3v) is 3.10. The van der Waals surface area contributed by atoms with Crippen molar-refractivity contribution in [3.8, 4) is 0 Å². The molecule has 17 heavy (non-hydrogen) atoms. The Morgan fingerprint density at radius 2 is 2.06 bits per heavy atom. The summed E-state index contributed by atoms with van der Waals surface area (Å²) in [5.74, 6) is 0. The lowest BCUT2D eigenvalue weighted by Gasteiger charge is -2.17. The van der Waals surface area contributed by atoms with Crippen LogP contribution in [0.3, 0.4) is 0 Å². The van der Waals surface area contributed by atoms with Crippen LogP contribution in [0, 0.1) is 0 Å². The molecule has 1 aliphatic carbocycles. The predicted molar refractivity (Wildman–Crippen MR) is 67.9 cm³/mol. The Balaban J connectivity index is 1.82. The molecule has 94 valence electrons. The van der Waals surface area contributed by atoms with E-state index in [2.05, 4.69) is 18.2 Å². The molecule has 2 N–H and O–H groups in total. The highest BCUT2D eigenvalue weighted by atomic mass is 16.5. The van der Waals surface area contributed by atoms with Crippen LogP contribution in [0.5, 0.6) is 0 Å². The van der Waals surface area contributed by atoms with Crippen molar-refractivity contribution in [3.05, 3.63) is 35.4 Å². The summed E-state index contributed by atoms with van der Waals surface area (Å²) in [6, 6.07) is 8.31. The minimum Gasteiger partial charge on any atom is -0.376 e. The van der Waals surface area contributed by atoms with Gasteiger partial charge in [-0.15, -0.1) is 0 Å². The van der Waals surface area contributed by atoms with Gasteiger partial charge in [0.05, 0.1) is 31.5 Å². The van der Waals surface area contributed by atoms with Crippen LogP contribution >= 0.6 is 0 Å². The molecule has 2 rings (SSSR count). The molecule has 3 heteroatoms. The summed E-state index contributed by atoms with van der Waals surface area (Å²) >= 11 is 0. The maximum Gasteiger partial charge on any atom is 0.0809 e. The summed E-state index contributed by atoms with van der Waals surface area (Å²) in [6.45, 7) is 5.30. The molecule has 1 aliphatic rings. The third kappa shape index (κ3) is 3.06. The number of fused-ring (bicyclic) bond motifs is 1. The summed E-state index contributed by atoms with van der Waals surface area (Å²) in [4.78, 5) is 0. The van der Waals surface area contributed by atoms with E-state index in [9.17, 15) is 0 Å². The molecule has 0 spiro atoms. The van der Waals surface area contributed by atoms with Crippen molar-refractivity contribution >= 4 is 0 Å². The van der Waals surface area contributed by atoms with Crippen molar-refractivity contribution in [2.75, 3.05) is 13.2 Å². The maximum atomic E-state index is 6.17. The lowest BCUT2D eigenvalue weighted by atomic mass is 10.1. The molecular formula is C14H21NO2. The molecule has 0 aliphatic heterocycles. The maximum absolute atomic E-state index is 6.17. The quantitative estimate of drug-likeness (QED) is 0.794. The van der Waals surface area contributed by atoms with E-state index in [0.717, 1.165) is 6.42 Å². The highest BCUT2D eigenvalue weighted by molar-refractivity contribution is 5.36. The Morgan fingerprint density at radius 1 is 1.29 bits per heavy atom. The van der Waals surface area contributed by atoms with Crippen LogP contribution in [0.1, 0.15) is 31.0 Å². The van der Waals surface area contributed by atoms with Crippen LogP contribution in [0.15, 0.2) is 24.3 Å². The van der Waals surface area contributed by atoms with Gasteiger partial charge >= 0.3 is 0 Å². The number of ether oxygens (including phenoxy) is 2. The summed E-state index contributed by atoms with van der Waals surface area (Å²) < 4.78 is 11.2. The number of rotatable bonds is 5. The first-order valence-electron chi connectivity index (χ1n) is 6.25. The van der Waals surface area contributed by atoms with Crippen LogP contribution in [-0.4, -0.2) is 25.4 Å². The zero-order chi connectivity index (χ0) is 12.3. The van der Waals surface area contributed by atoms with E-state index < -0.39 is 0 Å². The van der Waals surface area contributed by atoms with Crippen molar-refractivity contribution in [1.82, 2.24) is 0 Å². The molecule has 2 unspecified atom stereocenters. The molecule has 0 bridgehead atoms. The first kappa shape index (κ1) is 12.6. The Hall–Kier alpha value is -0.900. The molecule has 0 saturated carbocycles. The van der Waals surface area contributed by atoms with Crippen molar-refractivity contribution in [3.63, 3.8) is 0 Å². The molecule has 0 aromatic heterocycles. The van der Waals surface area contributed by atoms with Crippen LogP contribution in [0.2, 0.25) is 0 Å². The topological polar surface area (TPSA) is 44.5 Å². The Bertz CT molecular complexity index is 365. The average molecular weight is 235 g/mol. The van der Waals surface area contributed by atoms with E-state index in [1.165, 1.54) is 11.1 Å². The second-order valence-electron chi connectivity index (χ2n) is 4.76. The predicted octanol–water partition coefficient (Wildman–Crippen LogP) is 2.05. The largest absolute Gasteiger partial charge is 0.376 e. The van der Waals surface area contributed by atoms with Gasteiger partial charge in [0, 0.05) is 6.42 Å². The van der Waals surface area contributed by atoms with Crippen LogP contribution in [0.4, 0.5) is 0 Å². The first-order chi connectivity index (χ1) is 8.18. The SMILES string of the molecule is CC(C)OCCOC1Cc2ccccc2C1N. The van der Waals surface area contributed by atoms with Crippen molar-refractivity contribution < 1.29 is 9.47 Å². The van der Waals surface area contributed by atoms with Crippen molar-refractivity contribution in [2.45, 2.75) is 38.5 Å². The molecule has 0 amide bonds. The van der Waals surface area contributed by atoms with Gasteiger partial charge in [-0.1, -0.05) is 24.3 Å². The van der Waals surface area contributed by atoms with Crippen molar-refractivity contribution in [2.24, 2.45) is 5.73 Å². The van der Waals surface area contributed by atoms with Crippen LogP contribution < -0.4 is 5.73 Å². The van der Waals surface area contributed by atoms with Gasteiger partial charge in [0.2, 0.25) is 0 Å². The van der Waals surface area contributed by atoms with Gasteiger partial charge in [0.15, 0.2) is 0 Å². The summed E-state index contributed by atoms with van der Waals surface area (Å²) in [7, 11) is 0. The van der Waals surface area contributed by atoms with E-state index in [1.807, 2.05) is 19.9 Å². The summed E-state index contributed by atoms with van der Waals surface area (Å²) in [5, 5.41) is 0. The third-order valence-electron chi connectivity index (χ3n) is 3.10. The summed E-state index contributed by atoms with van der Waals surface area (Å²) in [6.07, 6.45) is 1.27. The lowest BCUT2D eigenvalue weighted by Crippen LogP contribution is -2.26. The zero-order valence-corrected chi connectivity index (χ0v) is 10.6. The Labute approximate surface area is 103 Å². The van der Waals surface area contributed by atoms with Gasteiger partial charge in [-0.25, -0.2) is 0 Å². The molecule has 0 radical (unpaired) electrons. The van der Waals surface area contributed by atoms with Gasteiger partial charge < -0.3 is 15.2 Å². The molecule has 0 heterocycles. The van der Waals surface area contributed by atoms with Gasteiger partial charge in [-0.2, -0.15) is 0 Å². The van der Waals surface area contributed by atoms with Gasteiger partial charge in [0.1, 0.15) is 0 Å². The minimum atomic E-state index is 0.00486. The zero-order valence-electron chi connectivity index (χ0n) is 10.6. The standard InChI is InChI=1S/C14H21NO2/c1-10(2)16-7-8-17-13-9-11-5-3-4-6-12(11)14(13)15/h3-6,10,13-14H,7-9,15H2,1-2H3. The van der Waals surface area contributed by atoms with Crippen molar-refractivity contribution in [1.29, 1.82) is 0 Å². The second kappa shape index (κ2) is 5.63. The molecule has 1 aromatic rings. The van der Waals surface area contributed by atoms with Crippen LogP contribution in [-0.2, 0) is 15.9 Å². The van der Waals surface area contributed by atoms with Gasteiger partial charge in [0.25, 0.3) is 0 Å². The van der Waals surface area contributed by atoms with Gasteiger partial charge in [-0.05, 0) is 25.0 Å². The molecule has 0 fully saturated rings. The number of benzene rings is 1. The van der Waals surface area contributed by atoms with E-state index in [0.29, 0.717) is 13.2 Å². The lowest BCUT2D eigenvalue weighted by molar-refractivity contribution is -0.0168.